The van der Waals surface area contributed by atoms with Crippen molar-refractivity contribution in [2.24, 2.45) is 0 Å². The molecule has 3 heteroatoms. The summed E-state index contributed by atoms with van der Waals surface area (Å²) in [5.74, 6) is 0. The lowest BCUT2D eigenvalue weighted by molar-refractivity contribution is 0.660. The summed E-state index contributed by atoms with van der Waals surface area (Å²) < 4.78 is 2.37. The van der Waals surface area contributed by atoms with Crippen LogP contribution >= 0.6 is 0 Å². The molecular weight excluding hydrogens is 619 g/mol. The summed E-state index contributed by atoms with van der Waals surface area (Å²) >= 11 is 0. The first-order valence-corrected chi connectivity index (χ1v) is 17.6. The molecule has 0 atom stereocenters. The van der Waals surface area contributed by atoms with E-state index in [1.807, 2.05) is 12.3 Å². The SMILES string of the molecule is CC1(C)c2ccccc2-c2ccc(N(c3ccc(-c4ccc5c(c4)c4ccccc4n5-c4ccccc4)cc3)c3ccc4ncccc4c3)cc21. The molecule has 2 aromatic heterocycles. The number of fused-ring (bicyclic) bond motifs is 7. The van der Waals surface area contributed by atoms with Crippen LogP contribution in [0.5, 0.6) is 0 Å². The third-order valence-electron chi connectivity index (χ3n) is 10.8. The third kappa shape index (κ3) is 4.62. The number of benzene rings is 7. The smallest absolute Gasteiger partial charge is 0.0703 e. The maximum absolute atomic E-state index is 4.60. The second kappa shape index (κ2) is 11.3. The van der Waals surface area contributed by atoms with E-state index in [9.17, 15) is 0 Å². The van der Waals surface area contributed by atoms with Gasteiger partial charge in [0.2, 0.25) is 0 Å². The Bertz CT molecular complexity index is 2770. The minimum absolute atomic E-state index is 0.0902. The molecule has 0 saturated heterocycles. The Labute approximate surface area is 297 Å². The zero-order valence-electron chi connectivity index (χ0n) is 28.6. The molecule has 0 unspecified atom stereocenters. The molecule has 10 rings (SSSR count). The van der Waals surface area contributed by atoms with Crippen molar-refractivity contribution in [2.75, 3.05) is 4.90 Å². The molecule has 0 bridgehead atoms. The van der Waals surface area contributed by atoms with Crippen LogP contribution in [0.1, 0.15) is 25.0 Å². The van der Waals surface area contributed by atoms with E-state index in [0.29, 0.717) is 0 Å². The first kappa shape index (κ1) is 29.5. The first-order valence-electron chi connectivity index (χ1n) is 17.6. The molecule has 0 aliphatic heterocycles. The molecule has 0 radical (unpaired) electrons. The van der Waals surface area contributed by atoms with E-state index in [2.05, 4.69) is 192 Å². The van der Waals surface area contributed by atoms with Crippen LogP contribution in [0.4, 0.5) is 17.1 Å². The van der Waals surface area contributed by atoms with E-state index < -0.39 is 0 Å². The third-order valence-corrected chi connectivity index (χ3v) is 10.8. The molecule has 0 amide bonds. The largest absolute Gasteiger partial charge is 0.310 e. The number of aromatic nitrogens is 2. The molecule has 7 aromatic carbocycles. The Morgan fingerprint density at radius 3 is 2.06 bits per heavy atom. The van der Waals surface area contributed by atoms with E-state index in [1.54, 1.807) is 0 Å². The van der Waals surface area contributed by atoms with Crippen molar-refractivity contribution in [1.82, 2.24) is 9.55 Å². The van der Waals surface area contributed by atoms with Gasteiger partial charge in [0.05, 0.1) is 16.6 Å². The number of hydrogen-bond acceptors (Lipinski definition) is 2. The van der Waals surface area contributed by atoms with E-state index >= 15 is 0 Å². The Hall–Kier alpha value is -6.45. The minimum atomic E-state index is -0.0902. The summed E-state index contributed by atoms with van der Waals surface area (Å²) in [6.45, 7) is 4.69. The number of nitrogens with zero attached hydrogens (tertiary/aromatic N) is 3. The van der Waals surface area contributed by atoms with Crippen LogP contribution in [0.2, 0.25) is 0 Å². The second-order valence-corrected chi connectivity index (χ2v) is 14.1. The quantitative estimate of drug-likeness (QED) is 0.184. The lowest BCUT2D eigenvalue weighted by Gasteiger charge is -2.28. The topological polar surface area (TPSA) is 21.1 Å². The van der Waals surface area contributed by atoms with Crippen molar-refractivity contribution in [2.45, 2.75) is 19.3 Å². The minimum Gasteiger partial charge on any atom is -0.310 e. The molecule has 3 nitrogen and oxygen atoms in total. The number of rotatable bonds is 5. The summed E-state index contributed by atoms with van der Waals surface area (Å²) in [5, 5.41) is 3.63. The highest BCUT2D eigenvalue weighted by molar-refractivity contribution is 6.10. The molecule has 51 heavy (non-hydrogen) atoms. The van der Waals surface area contributed by atoms with Gasteiger partial charge in [-0.15, -0.1) is 0 Å². The zero-order valence-corrected chi connectivity index (χ0v) is 28.6. The molecular formula is C48H35N3. The average Bonchev–Trinajstić information content (AvgIpc) is 3.63. The normalized spacial score (nSPS) is 13.1. The van der Waals surface area contributed by atoms with Crippen LogP contribution in [0.3, 0.4) is 0 Å². The van der Waals surface area contributed by atoms with E-state index in [-0.39, 0.29) is 5.41 Å². The second-order valence-electron chi connectivity index (χ2n) is 14.1. The van der Waals surface area contributed by atoms with Gasteiger partial charge < -0.3 is 9.47 Å². The fourth-order valence-electron chi connectivity index (χ4n) is 8.29. The molecule has 2 heterocycles. The molecule has 0 spiro atoms. The van der Waals surface area contributed by atoms with Gasteiger partial charge in [-0.3, -0.25) is 4.98 Å². The van der Waals surface area contributed by atoms with Gasteiger partial charge in [0.1, 0.15) is 0 Å². The highest BCUT2D eigenvalue weighted by Crippen LogP contribution is 2.50. The number of anilines is 3. The van der Waals surface area contributed by atoms with Gasteiger partial charge in [0, 0.05) is 50.5 Å². The monoisotopic (exact) mass is 653 g/mol. The van der Waals surface area contributed by atoms with Gasteiger partial charge >= 0.3 is 0 Å². The van der Waals surface area contributed by atoms with Gasteiger partial charge in [0.25, 0.3) is 0 Å². The summed E-state index contributed by atoms with van der Waals surface area (Å²) in [4.78, 5) is 6.98. The Morgan fingerprint density at radius 2 is 1.18 bits per heavy atom. The average molecular weight is 654 g/mol. The number of pyridine rings is 1. The maximum Gasteiger partial charge on any atom is 0.0703 e. The number of hydrogen-bond donors (Lipinski definition) is 0. The van der Waals surface area contributed by atoms with Crippen molar-refractivity contribution >= 4 is 49.8 Å². The summed E-state index contributed by atoms with van der Waals surface area (Å²) in [6.07, 6.45) is 1.86. The van der Waals surface area contributed by atoms with Crippen LogP contribution in [-0.4, -0.2) is 9.55 Å². The molecule has 0 saturated carbocycles. The predicted octanol–water partition coefficient (Wildman–Crippen LogP) is 12.8. The van der Waals surface area contributed by atoms with Crippen LogP contribution in [0, 0.1) is 0 Å². The van der Waals surface area contributed by atoms with Crippen LogP contribution < -0.4 is 4.90 Å². The molecule has 1 aliphatic rings. The fourth-order valence-corrected chi connectivity index (χ4v) is 8.29. The molecule has 0 fully saturated rings. The van der Waals surface area contributed by atoms with E-state index in [4.69, 9.17) is 0 Å². The Morgan fingerprint density at radius 1 is 0.490 bits per heavy atom. The summed E-state index contributed by atoms with van der Waals surface area (Å²) in [7, 11) is 0. The zero-order chi connectivity index (χ0) is 34.1. The van der Waals surface area contributed by atoms with Gasteiger partial charge in [-0.1, -0.05) is 105 Å². The summed E-state index contributed by atoms with van der Waals surface area (Å²) in [6, 6.07) is 61.8. The van der Waals surface area contributed by atoms with E-state index in [0.717, 1.165) is 28.0 Å². The predicted molar refractivity (Wildman–Crippen MR) is 214 cm³/mol. The lowest BCUT2D eigenvalue weighted by atomic mass is 9.82. The molecule has 9 aromatic rings. The van der Waals surface area contributed by atoms with Crippen molar-refractivity contribution in [3.05, 3.63) is 187 Å². The van der Waals surface area contributed by atoms with Crippen LogP contribution in [0.15, 0.2) is 176 Å². The van der Waals surface area contributed by atoms with Gasteiger partial charge in [-0.25, -0.2) is 0 Å². The summed E-state index contributed by atoms with van der Waals surface area (Å²) in [5.41, 5.74) is 15.6. The lowest BCUT2D eigenvalue weighted by Crippen LogP contribution is -2.16. The van der Waals surface area contributed by atoms with E-state index in [1.165, 1.54) is 60.9 Å². The first-order chi connectivity index (χ1) is 25.0. The standard InChI is InChI=1S/C48H35N3/c1-48(2)43-16-8-6-14-39(43)40-25-23-38(31-44(40)48)50(37-24-26-45-34(29-37)11-10-28-49-45)36-21-18-32(19-22-36)33-20-27-47-42(30-33)41-15-7-9-17-46(41)51(47)35-12-4-3-5-13-35/h3-31H,1-2H3. The van der Waals surface area contributed by atoms with Crippen molar-refractivity contribution in [3.8, 4) is 27.9 Å². The maximum atomic E-state index is 4.60. The Kier molecular flexibility index (Phi) is 6.53. The molecule has 242 valence electrons. The number of para-hydroxylation sites is 2. The van der Waals surface area contributed by atoms with Crippen LogP contribution in [-0.2, 0) is 5.41 Å². The van der Waals surface area contributed by atoms with Gasteiger partial charge in [0.15, 0.2) is 0 Å². The molecule has 1 aliphatic carbocycles. The fraction of sp³-hybridized carbons (Fsp3) is 0.0625. The highest BCUT2D eigenvalue weighted by Gasteiger charge is 2.35. The van der Waals surface area contributed by atoms with Crippen molar-refractivity contribution in [3.63, 3.8) is 0 Å². The van der Waals surface area contributed by atoms with Crippen LogP contribution in [0.25, 0.3) is 60.6 Å². The Balaban J connectivity index is 1.09. The van der Waals surface area contributed by atoms with Gasteiger partial charge in [-0.2, -0.15) is 0 Å². The van der Waals surface area contributed by atoms with Crippen molar-refractivity contribution in [1.29, 1.82) is 0 Å². The van der Waals surface area contributed by atoms with Gasteiger partial charge in [-0.05, 0) is 112 Å². The molecule has 0 N–H and O–H groups in total. The highest BCUT2D eigenvalue weighted by atomic mass is 15.1. The van der Waals surface area contributed by atoms with Crippen molar-refractivity contribution < 1.29 is 0 Å².